The largest absolute Gasteiger partial charge is 0.383 e. The summed E-state index contributed by atoms with van der Waals surface area (Å²) in [4.78, 5) is 7.74. The highest BCUT2D eigenvalue weighted by Crippen LogP contribution is 2.26. The van der Waals surface area contributed by atoms with Crippen LogP contribution in [0.1, 0.15) is 24.7 Å². The Kier molecular flexibility index (Phi) is 3.56. The molecule has 3 heterocycles. The number of hydrogen-bond acceptors (Lipinski definition) is 6. The molecule has 3 rings (SSSR count). The zero-order valence-corrected chi connectivity index (χ0v) is 12.5. The minimum absolute atomic E-state index is 0.0934. The first-order valence-corrected chi connectivity index (χ1v) is 8.14. The third kappa shape index (κ3) is 2.71. The predicted octanol–water partition coefficient (Wildman–Crippen LogP) is 0.722. The van der Waals surface area contributed by atoms with Crippen LogP contribution in [0.3, 0.4) is 0 Å². The van der Waals surface area contributed by atoms with Gasteiger partial charge in [-0.15, -0.1) is 0 Å². The van der Waals surface area contributed by atoms with Gasteiger partial charge in [0.05, 0.1) is 11.1 Å². The van der Waals surface area contributed by atoms with Crippen molar-refractivity contribution in [1.82, 2.24) is 24.5 Å². The van der Waals surface area contributed by atoms with Crippen LogP contribution in [0, 0.1) is 0 Å². The van der Waals surface area contributed by atoms with Crippen LogP contribution in [0.15, 0.2) is 23.5 Å². The van der Waals surface area contributed by atoms with Crippen molar-refractivity contribution in [2.24, 2.45) is 0 Å². The molecule has 1 aliphatic heterocycles. The van der Waals surface area contributed by atoms with E-state index in [-0.39, 0.29) is 15.7 Å². The van der Waals surface area contributed by atoms with Gasteiger partial charge in [-0.3, -0.25) is 0 Å². The summed E-state index contributed by atoms with van der Waals surface area (Å²) in [5, 5.41) is 4.26. The van der Waals surface area contributed by atoms with Crippen LogP contribution in [-0.4, -0.2) is 28.2 Å². The number of aryl methyl sites for hydroxylation is 1. The average molecular weight is 329 g/mol. The van der Waals surface area contributed by atoms with Gasteiger partial charge in [0.2, 0.25) is 10.0 Å². The number of anilines is 1. The molecule has 0 aliphatic carbocycles. The summed E-state index contributed by atoms with van der Waals surface area (Å²) in [5.41, 5.74) is 5.63. The van der Waals surface area contributed by atoms with Gasteiger partial charge in [-0.05, 0) is 18.9 Å². The number of sulfonamides is 1. The first kappa shape index (κ1) is 14.2. The number of rotatable bonds is 3. The van der Waals surface area contributed by atoms with Crippen molar-refractivity contribution < 1.29 is 8.42 Å². The van der Waals surface area contributed by atoms with Crippen LogP contribution >= 0.6 is 11.6 Å². The van der Waals surface area contributed by atoms with E-state index in [1.54, 1.807) is 4.68 Å². The second-order valence-corrected chi connectivity index (χ2v) is 6.81. The number of pyridine rings is 1. The Bertz CT molecular complexity index is 775. The standard InChI is InChI=1S/C11H13ClN6O2S/c12-7-4-9(10(13)14-5-7)21(19,20)17-8-2-1-3-18-11(8)15-6-16-18/h4-6,8,17H,1-3H2,(H2,13,14). The number of halogens is 1. The Labute approximate surface area is 126 Å². The highest BCUT2D eigenvalue weighted by atomic mass is 35.5. The quantitative estimate of drug-likeness (QED) is 0.857. The smallest absolute Gasteiger partial charge is 0.244 e. The lowest BCUT2D eigenvalue weighted by molar-refractivity contribution is 0.400. The molecule has 21 heavy (non-hydrogen) atoms. The van der Waals surface area contributed by atoms with Gasteiger partial charge in [-0.1, -0.05) is 11.6 Å². The molecule has 0 saturated carbocycles. The Balaban J connectivity index is 1.93. The predicted molar refractivity (Wildman–Crippen MR) is 76.0 cm³/mol. The molecule has 112 valence electrons. The lowest BCUT2D eigenvalue weighted by Crippen LogP contribution is -2.33. The molecule has 2 aromatic heterocycles. The molecule has 1 unspecified atom stereocenters. The number of fused-ring (bicyclic) bond motifs is 1. The van der Waals surface area contributed by atoms with Gasteiger partial charge >= 0.3 is 0 Å². The van der Waals surface area contributed by atoms with Gasteiger partial charge in [-0.2, -0.15) is 5.10 Å². The number of hydrogen-bond donors (Lipinski definition) is 2. The number of nitrogens with two attached hydrogens (primary N) is 1. The van der Waals surface area contributed by atoms with Gasteiger partial charge < -0.3 is 5.73 Å². The fourth-order valence-corrected chi connectivity index (χ4v) is 3.86. The zero-order chi connectivity index (χ0) is 15.0. The highest BCUT2D eigenvalue weighted by molar-refractivity contribution is 7.89. The normalized spacial score (nSPS) is 18.4. The Hall–Kier alpha value is -1.71. The van der Waals surface area contributed by atoms with E-state index in [1.807, 2.05) is 0 Å². The van der Waals surface area contributed by atoms with E-state index in [0.29, 0.717) is 12.2 Å². The minimum Gasteiger partial charge on any atom is -0.383 e. The lowest BCUT2D eigenvalue weighted by atomic mass is 10.1. The van der Waals surface area contributed by atoms with Gasteiger partial charge in [0.1, 0.15) is 22.9 Å². The van der Waals surface area contributed by atoms with Gasteiger partial charge in [-0.25, -0.2) is 27.8 Å². The molecule has 0 radical (unpaired) electrons. The number of nitrogens with one attached hydrogen (secondary N) is 1. The van der Waals surface area contributed by atoms with E-state index >= 15 is 0 Å². The van der Waals surface area contributed by atoms with E-state index < -0.39 is 16.1 Å². The van der Waals surface area contributed by atoms with Crippen molar-refractivity contribution in [3.63, 3.8) is 0 Å². The van der Waals surface area contributed by atoms with Crippen molar-refractivity contribution in [2.45, 2.75) is 30.3 Å². The number of aromatic nitrogens is 4. The summed E-state index contributed by atoms with van der Waals surface area (Å²) < 4.78 is 29.2. The molecule has 0 amide bonds. The lowest BCUT2D eigenvalue weighted by Gasteiger charge is -2.23. The van der Waals surface area contributed by atoms with Gasteiger partial charge in [0.25, 0.3) is 0 Å². The Morgan fingerprint density at radius 1 is 1.43 bits per heavy atom. The highest BCUT2D eigenvalue weighted by Gasteiger charge is 2.29. The van der Waals surface area contributed by atoms with E-state index in [1.165, 1.54) is 18.6 Å². The molecule has 0 aromatic carbocycles. The van der Waals surface area contributed by atoms with Crippen molar-refractivity contribution in [2.75, 3.05) is 5.73 Å². The topological polar surface area (TPSA) is 116 Å². The second kappa shape index (κ2) is 5.24. The van der Waals surface area contributed by atoms with Crippen LogP contribution in [-0.2, 0) is 16.6 Å². The molecule has 10 heteroatoms. The van der Waals surface area contributed by atoms with Crippen LogP contribution in [0.2, 0.25) is 5.02 Å². The summed E-state index contributed by atoms with van der Waals surface area (Å²) in [7, 11) is -3.84. The van der Waals surface area contributed by atoms with E-state index in [0.717, 1.165) is 13.0 Å². The summed E-state index contributed by atoms with van der Waals surface area (Å²) >= 11 is 5.79. The molecular formula is C11H13ClN6O2S. The summed E-state index contributed by atoms with van der Waals surface area (Å²) in [6.45, 7) is 0.731. The van der Waals surface area contributed by atoms with Crippen molar-refractivity contribution >= 4 is 27.4 Å². The van der Waals surface area contributed by atoms with Crippen molar-refractivity contribution in [3.05, 3.63) is 29.4 Å². The molecule has 8 nitrogen and oxygen atoms in total. The Morgan fingerprint density at radius 2 is 2.24 bits per heavy atom. The van der Waals surface area contributed by atoms with Crippen LogP contribution in [0.25, 0.3) is 0 Å². The monoisotopic (exact) mass is 328 g/mol. The van der Waals surface area contributed by atoms with Crippen LogP contribution < -0.4 is 10.5 Å². The summed E-state index contributed by atoms with van der Waals surface area (Å²) in [6.07, 6.45) is 4.17. The molecule has 3 N–H and O–H groups in total. The van der Waals surface area contributed by atoms with E-state index in [4.69, 9.17) is 17.3 Å². The Morgan fingerprint density at radius 3 is 3.05 bits per heavy atom. The van der Waals surface area contributed by atoms with E-state index in [9.17, 15) is 8.42 Å². The SMILES string of the molecule is Nc1ncc(Cl)cc1S(=O)(=O)NC1CCCn2ncnc21. The molecule has 0 bridgehead atoms. The maximum atomic E-state index is 12.5. The van der Waals surface area contributed by atoms with Crippen LogP contribution in [0.4, 0.5) is 5.82 Å². The molecule has 0 spiro atoms. The third-order valence-electron chi connectivity index (χ3n) is 3.26. The molecular weight excluding hydrogens is 316 g/mol. The summed E-state index contributed by atoms with van der Waals surface area (Å²) in [5.74, 6) is 0.502. The second-order valence-electron chi connectivity index (χ2n) is 4.69. The first-order valence-electron chi connectivity index (χ1n) is 6.28. The maximum Gasteiger partial charge on any atom is 0.244 e. The zero-order valence-electron chi connectivity index (χ0n) is 10.9. The van der Waals surface area contributed by atoms with Gasteiger partial charge in [0, 0.05) is 12.7 Å². The molecule has 2 aromatic rings. The average Bonchev–Trinajstić information content (AvgIpc) is 2.90. The van der Waals surface area contributed by atoms with Crippen molar-refractivity contribution in [3.8, 4) is 0 Å². The number of nitrogen functional groups attached to an aromatic ring is 1. The van der Waals surface area contributed by atoms with Crippen molar-refractivity contribution in [1.29, 1.82) is 0 Å². The fraction of sp³-hybridized carbons (Fsp3) is 0.364. The first-order chi connectivity index (χ1) is 9.97. The molecule has 1 atom stereocenters. The number of nitrogens with zero attached hydrogens (tertiary/aromatic N) is 4. The third-order valence-corrected chi connectivity index (χ3v) is 4.96. The van der Waals surface area contributed by atoms with E-state index in [2.05, 4.69) is 19.8 Å². The summed E-state index contributed by atoms with van der Waals surface area (Å²) in [6, 6.07) is 0.837. The molecule has 0 saturated heterocycles. The minimum atomic E-state index is -3.84. The molecule has 0 fully saturated rings. The maximum absolute atomic E-state index is 12.5. The van der Waals surface area contributed by atoms with Gasteiger partial charge in [0.15, 0.2) is 0 Å². The molecule has 1 aliphatic rings. The fourth-order valence-electron chi connectivity index (χ4n) is 2.30. The van der Waals surface area contributed by atoms with Crippen LogP contribution in [0.5, 0.6) is 0 Å².